The molecule has 0 saturated heterocycles. The molecule has 18 heavy (non-hydrogen) atoms. The highest BCUT2D eigenvalue weighted by Crippen LogP contribution is 1.99. The van der Waals surface area contributed by atoms with E-state index in [-0.39, 0.29) is 5.56 Å². The predicted molar refractivity (Wildman–Crippen MR) is 73.9 cm³/mol. The molecule has 102 valence electrons. The molecule has 1 N–H and O–H groups in total. The molecule has 0 bridgehead atoms. The Balaban J connectivity index is 2.77. The first-order valence-electron chi connectivity index (χ1n) is 6.45. The van der Waals surface area contributed by atoms with E-state index >= 15 is 0 Å². The molecule has 0 fully saturated rings. The third kappa shape index (κ3) is 4.27. The van der Waals surface area contributed by atoms with Gasteiger partial charge < -0.3 is 14.6 Å². The molecule has 1 heterocycles. The summed E-state index contributed by atoms with van der Waals surface area (Å²) < 4.78 is 6.81. The van der Waals surface area contributed by atoms with Gasteiger partial charge in [-0.25, -0.2) is 0 Å². The van der Waals surface area contributed by atoms with Crippen molar-refractivity contribution in [3.05, 3.63) is 33.7 Å². The quantitative estimate of drug-likeness (QED) is 0.800. The van der Waals surface area contributed by atoms with Crippen LogP contribution in [0.4, 0.5) is 0 Å². The summed E-state index contributed by atoms with van der Waals surface area (Å²) >= 11 is 0. The number of hydrogen-bond donors (Lipinski definition) is 1. The van der Waals surface area contributed by atoms with Crippen molar-refractivity contribution in [1.82, 2.24) is 9.88 Å². The van der Waals surface area contributed by atoms with Crippen LogP contribution in [0.15, 0.2) is 16.9 Å². The van der Waals surface area contributed by atoms with Gasteiger partial charge in [-0.1, -0.05) is 19.9 Å². The molecule has 0 aliphatic rings. The normalized spacial score (nSPS) is 11.2. The molecule has 1 aromatic rings. The number of aromatic nitrogens is 1. The van der Waals surface area contributed by atoms with Crippen molar-refractivity contribution in [3.63, 3.8) is 0 Å². The molecule has 1 aromatic heterocycles. The number of nitrogens with one attached hydrogen (secondary N) is 1. The van der Waals surface area contributed by atoms with Crippen LogP contribution in [0.1, 0.15) is 25.1 Å². The lowest BCUT2D eigenvalue weighted by Gasteiger charge is -2.12. The van der Waals surface area contributed by atoms with E-state index in [1.54, 1.807) is 11.7 Å². The smallest absolute Gasteiger partial charge is 0.255 e. The maximum absolute atomic E-state index is 12.2. The topological polar surface area (TPSA) is 43.3 Å². The van der Waals surface area contributed by atoms with E-state index in [2.05, 4.69) is 19.2 Å². The van der Waals surface area contributed by atoms with Crippen LogP contribution in [0.3, 0.4) is 0 Å². The van der Waals surface area contributed by atoms with Crippen LogP contribution in [0, 0.1) is 12.8 Å². The number of aryl methyl sites for hydroxylation is 1. The van der Waals surface area contributed by atoms with E-state index in [0.717, 1.165) is 17.8 Å². The minimum absolute atomic E-state index is 0.0864. The SMILES string of the molecule is COCCn1c(C)ccc(CNCC(C)C)c1=O. The van der Waals surface area contributed by atoms with Crippen LogP contribution in [-0.2, 0) is 17.8 Å². The molecular formula is C14H24N2O2. The van der Waals surface area contributed by atoms with Crippen LogP contribution in [0.25, 0.3) is 0 Å². The van der Waals surface area contributed by atoms with Gasteiger partial charge in [0.15, 0.2) is 0 Å². The van der Waals surface area contributed by atoms with E-state index in [1.807, 2.05) is 19.1 Å². The highest BCUT2D eigenvalue weighted by atomic mass is 16.5. The molecule has 1 rings (SSSR count). The van der Waals surface area contributed by atoms with E-state index < -0.39 is 0 Å². The van der Waals surface area contributed by atoms with Gasteiger partial charge >= 0.3 is 0 Å². The van der Waals surface area contributed by atoms with Gasteiger partial charge in [-0.15, -0.1) is 0 Å². The van der Waals surface area contributed by atoms with Crippen LogP contribution in [0.5, 0.6) is 0 Å². The Morgan fingerprint density at radius 1 is 1.39 bits per heavy atom. The van der Waals surface area contributed by atoms with Crippen molar-refractivity contribution in [1.29, 1.82) is 0 Å². The minimum Gasteiger partial charge on any atom is -0.383 e. The molecule has 0 aliphatic carbocycles. The number of methoxy groups -OCH3 is 1. The Kier molecular flexibility index (Phi) is 6.09. The van der Waals surface area contributed by atoms with E-state index in [1.165, 1.54) is 0 Å². The summed E-state index contributed by atoms with van der Waals surface area (Å²) in [6, 6.07) is 3.90. The van der Waals surface area contributed by atoms with Crippen LogP contribution in [-0.4, -0.2) is 24.8 Å². The first-order chi connectivity index (χ1) is 8.56. The van der Waals surface area contributed by atoms with Gasteiger partial charge in [-0.05, 0) is 25.5 Å². The number of rotatable bonds is 7. The molecule has 0 aromatic carbocycles. The number of pyridine rings is 1. The third-order valence-electron chi connectivity index (χ3n) is 2.86. The summed E-state index contributed by atoms with van der Waals surface area (Å²) in [5.74, 6) is 0.589. The average molecular weight is 252 g/mol. The van der Waals surface area contributed by atoms with Gasteiger partial charge in [0.1, 0.15) is 0 Å². The second-order valence-electron chi connectivity index (χ2n) is 4.97. The van der Waals surface area contributed by atoms with Gasteiger partial charge in [-0.3, -0.25) is 4.79 Å². The van der Waals surface area contributed by atoms with E-state index in [4.69, 9.17) is 4.74 Å². The molecule has 0 radical (unpaired) electrons. The minimum atomic E-state index is 0.0864. The van der Waals surface area contributed by atoms with E-state index in [9.17, 15) is 4.79 Å². The maximum atomic E-state index is 12.2. The highest BCUT2D eigenvalue weighted by Gasteiger charge is 2.06. The molecule has 0 atom stereocenters. The zero-order valence-electron chi connectivity index (χ0n) is 11.8. The fourth-order valence-corrected chi connectivity index (χ4v) is 1.81. The Bertz CT molecular complexity index is 424. The van der Waals surface area contributed by atoms with Crippen LogP contribution < -0.4 is 10.9 Å². The molecule has 0 amide bonds. The van der Waals surface area contributed by atoms with Gasteiger partial charge in [0.2, 0.25) is 0 Å². The molecule has 0 spiro atoms. The Hall–Kier alpha value is -1.13. The lowest BCUT2D eigenvalue weighted by Crippen LogP contribution is -2.30. The monoisotopic (exact) mass is 252 g/mol. The Morgan fingerprint density at radius 2 is 2.11 bits per heavy atom. The first kappa shape index (κ1) is 14.9. The lowest BCUT2D eigenvalue weighted by atomic mass is 10.2. The molecule has 0 saturated carbocycles. The molecule has 4 nitrogen and oxygen atoms in total. The van der Waals surface area contributed by atoms with E-state index in [0.29, 0.717) is 25.6 Å². The average Bonchev–Trinajstić information content (AvgIpc) is 2.31. The lowest BCUT2D eigenvalue weighted by molar-refractivity contribution is 0.185. The van der Waals surface area contributed by atoms with Crippen LogP contribution >= 0.6 is 0 Å². The number of ether oxygens (including phenoxy) is 1. The molecule has 4 heteroatoms. The Morgan fingerprint density at radius 3 is 2.72 bits per heavy atom. The zero-order chi connectivity index (χ0) is 13.5. The summed E-state index contributed by atoms with van der Waals surface area (Å²) in [5.41, 5.74) is 1.88. The standard InChI is InChI=1S/C14H24N2O2/c1-11(2)9-15-10-13-6-5-12(3)16(14(13)17)7-8-18-4/h5-6,11,15H,7-10H2,1-4H3. The number of hydrogen-bond acceptors (Lipinski definition) is 3. The summed E-state index contributed by atoms with van der Waals surface area (Å²) in [4.78, 5) is 12.2. The molecule has 0 unspecified atom stereocenters. The summed E-state index contributed by atoms with van der Waals surface area (Å²) in [6.45, 7) is 8.97. The van der Waals surface area contributed by atoms with Crippen molar-refractivity contribution < 1.29 is 4.74 Å². The van der Waals surface area contributed by atoms with Gasteiger partial charge in [0, 0.05) is 31.5 Å². The summed E-state index contributed by atoms with van der Waals surface area (Å²) in [5, 5.41) is 3.30. The fourth-order valence-electron chi connectivity index (χ4n) is 1.81. The zero-order valence-corrected chi connectivity index (χ0v) is 11.8. The number of nitrogens with zero attached hydrogens (tertiary/aromatic N) is 1. The van der Waals surface area contributed by atoms with Crippen molar-refractivity contribution in [3.8, 4) is 0 Å². The summed E-state index contributed by atoms with van der Waals surface area (Å²) in [7, 11) is 1.65. The van der Waals surface area contributed by atoms with Gasteiger partial charge in [0.05, 0.1) is 6.61 Å². The predicted octanol–water partition coefficient (Wildman–Crippen LogP) is 1.55. The van der Waals surface area contributed by atoms with Gasteiger partial charge in [-0.2, -0.15) is 0 Å². The second kappa shape index (κ2) is 7.34. The highest BCUT2D eigenvalue weighted by molar-refractivity contribution is 5.15. The van der Waals surface area contributed by atoms with Crippen molar-refractivity contribution in [2.24, 2.45) is 5.92 Å². The van der Waals surface area contributed by atoms with Crippen molar-refractivity contribution in [2.45, 2.75) is 33.9 Å². The van der Waals surface area contributed by atoms with Crippen molar-refractivity contribution >= 4 is 0 Å². The van der Waals surface area contributed by atoms with Crippen LogP contribution in [0.2, 0.25) is 0 Å². The maximum Gasteiger partial charge on any atom is 0.255 e. The second-order valence-corrected chi connectivity index (χ2v) is 4.97. The Labute approximate surface area is 109 Å². The fraction of sp³-hybridized carbons (Fsp3) is 0.643. The van der Waals surface area contributed by atoms with Gasteiger partial charge in [0.25, 0.3) is 5.56 Å². The molecule has 0 aliphatic heterocycles. The van der Waals surface area contributed by atoms with Crippen molar-refractivity contribution in [2.75, 3.05) is 20.3 Å². The largest absolute Gasteiger partial charge is 0.383 e. The molecular weight excluding hydrogens is 228 g/mol. The summed E-state index contributed by atoms with van der Waals surface area (Å²) in [6.07, 6.45) is 0. The third-order valence-corrected chi connectivity index (χ3v) is 2.86. The first-order valence-corrected chi connectivity index (χ1v) is 6.45.